The van der Waals surface area contributed by atoms with Gasteiger partial charge in [0.15, 0.2) is 0 Å². The number of aliphatic imine (C=N–C) groups is 1. The first kappa shape index (κ1) is 34.7. The van der Waals surface area contributed by atoms with E-state index in [4.69, 9.17) is 4.99 Å². The van der Waals surface area contributed by atoms with Gasteiger partial charge >= 0.3 is 0 Å². The Hall–Kier alpha value is -7.55. The van der Waals surface area contributed by atoms with Crippen LogP contribution in [0, 0.1) is 0 Å². The molecule has 0 bridgehead atoms. The summed E-state index contributed by atoms with van der Waals surface area (Å²) in [5.41, 5.74) is 13.9. The molecule has 0 saturated heterocycles. The van der Waals surface area contributed by atoms with Gasteiger partial charge in [-0.05, 0) is 145 Å². The Labute approximate surface area is 344 Å². The van der Waals surface area contributed by atoms with E-state index in [-0.39, 0.29) is 0 Å². The summed E-state index contributed by atoms with van der Waals surface area (Å²) < 4.78 is 2.30. The highest BCUT2D eigenvalue weighted by molar-refractivity contribution is 6.13. The Morgan fingerprint density at radius 3 is 1.81 bits per heavy atom. The summed E-state index contributed by atoms with van der Waals surface area (Å²) in [6, 6.07) is 72.8. The lowest BCUT2D eigenvalue weighted by atomic mass is 9.87. The summed E-state index contributed by atoms with van der Waals surface area (Å²) in [7, 11) is 0. The van der Waals surface area contributed by atoms with E-state index in [1.807, 2.05) is 0 Å². The second-order valence-electron chi connectivity index (χ2n) is 15.5. The van der Waals surface area contributed by atoms with Gasteiger partial charge in [0.2, 0.25) is 0 Å². The Kier molecular flexibility index (Phi) is 8.67. The fraction of sp³-hybridized carbons (Fsp3) is 0.0351. The third kappa shape index (κ3) is 6.55. The van der Waals surface area contributed by atoms with Gasteiger partial charge in [0.05, 0.1) is 11.2 Å². The largest absolute Gasteiger partial charge is 0.317 e. The van der Waals surface area contributed by atoms with Crippen LogP contribution in [0.3, 0.4) is 0 Å². The normalized spacial score (nSPS) is 13.3. The number of benzene rings is 9. The summed E-state index contributed by atoms with van der Waals surface area (Å²) in [6.45, 7) is 0. The van der Waals surface area contributed by atoms with Crippen LogP contribution in [0.5, 0.6) is 0 Å². The average Bonchev–Trinajstić information content (AvgIpc) is 3.72. The van der Waals surface area contributed by atoms with E-state index in [0.29, 0.717) is 0 Å². The highest BCUT2D eigenvalue weighted by Crippen LogP contribution is 2.41. The third-order valence-electron chi connectivity index (χ3n) is 11.8. The number of allylic oxidation sites excluding steroid dienone is 3. The minimum atomic E-state index is 0.850. The third-order valence-corrected chi connectivity index (χ3v) is 11.8. The lowest BCUT2D eigenvalue weighted by Crippen LogP contribution is -2.03. The number of aromatic nitrogens is 1. The first-order chi connectivity index (χ1) is 29.2. The topological polar surface area (TPSA) is 17.3 Å². The standard InChI is InChI=1S/C57H40N2/c1-3-15-40(16-4-1)54-25-13-22-43(38-55(58-54)41-17-5-2-6-18-41)48-34-49(36-50(35-48)57-52-23-11-9-20-45(52)33-46-21-10-12-24-53(46)57)44-27-29-56-47(32-44)30-31-59(56)51-28-26-39-14-7-8-19-42(39)37-51/h1-12,14-24,26-38H,13,25H2. The van der Waals surface area contributed by atoms with Gasteiger partial charge in [-0.2, -0.15) is 0 Å². The predicted octanol–water partition coefficient (Wildman–Crippen LogP) is 15.1. The summed E-state index contributed by atoms with van der Waals surface area (Å²) in [5, 5.41) is 8.68. The predicted molar refractivity (Wildman–Crippen MR) is 251 cm³/mol. The quantitative estimate of drug-likeness (QED) is 0.151. The Bertz CT molecular complexity index is 3250. The van der Waals surface area contributed by atoms with Gasteiger partial charge in [-0.25, -0.2) is 0 Å². The molecule has 2 heterocycles. The second kappa shape index (κ2) is 14.8. The fourth-order valence-electron chi connectivity index (χ4n) is 8.91. The molecule has 0 aliphatic carbocycles. The van der Waals surface area contributed by atoms with Crippen molar-refractivity contribution in [2.75, 3.05) is 0 Å². The lowest BCUT2D eigenvalue weighted by molar-refractivity contribution is 1.09. The molecular weight excluding hydrogens is 713 g/mol. The van der Waals surface area contributed by atoms with Crippen LogP contribution in [0.4, 0.5) is 0 Å². The molecule has 0 N–H and O–H groups in total. The molecule has 0 radical (unpaired) electrons. The molecule has 0 fully saturated rings. The lowest BCUT2D eigenvalue weighted by Gasteiger charge is -2.18. The van der Waals surface area contributed by atoms with E-state index in [0.717, 1.165) is 35.5 Å². The second-order valence-corrected chi connectivity index (χ2v) is 15.5. The SMILES string of the molecule is C1=C(c2cc(-c3ccc4c(ccn4-c4ccc5ccccc5c4)c3)cc(-c3c4ccccc4cc4ccccc34)c2)C=C(c2ccccc2)N=C(c2ccccc2)CC1. The zero-order valence-electron chi connectivity index (χ0n) is 32.6. The number of fused-ring (bicyclic) bond motifs is 4. The molecule has 59 heavy (non-hydrogen) atoms. The first-order valence-corrected chi connectivity index (χ1v) is 20.5. The molecule has 278 valence electrons. The molecule has 0 saturated carbocycles. The van der Waals surface area contributed by atoms with Crippen LogP contribution in [-0.2, 0) is 0 Å². The molecule has 0 unspecified atom stereocenters. The van der Waals surface area contributed by atoms with Crippen LogP contribution in [0.2, 0.25) is 0 Å². The van der Waals surface area contributed by atoms with Gasteiger partial charge in [0.1, 0.15) is 0 Å². The van der Waals surface area contributed by atoms with Crippen molar-refractivity contribution in [2.45, 2.75) is 12.8 Å². The van der Waals surface area contributed by atoms with Crippen molar-refractivity contribution >= 4 is 60.2 Å². The smallest absolute Gasteiger partial charge is 0.0711 e. The van der Waals surface area contributed by atoms with Crippen LogP contribution in [-0.4, -0.2) is 10.3 Å². The van der Waals surface area contributed by atoms with Crippen LogP contribution < -0.4 is 0 Å². The molecule has 1 aliphatic heterocycles. The summed E-state index contributed by atoms with van der Waals surface area (Å²) in [4.78, 5) is 5.41. The number of rotatable bonds is 6. The van der Waals surface area contributed by atoms with Gasteiger partial charge < -0.3 is 4.57 Å². The molecule has 2 nitrogen and oxygen atoms in total. The molecule has 1 aliphatic rings. The van der Waals surface area contributed by atoms with Crippen LogP contribution >= 0.6 is 0 Å². The maximum atomic E-state index is 5.41. The highest BCUT2D eigenvalue weighted by atomic mass is 15.0. The highest BCUT2D eigenvalue weighted by Gasteiger charge is 2.17. The van der Waals surface area contributed by atoms with Crippen molar-refractivity contribution in [3.05, 3.63) is 235 Å². The Morgan fingerprint density at radius 2 is 1.05 bits per heavy atom. The van der Waals surface area contributed by atoms with Crippen molar-refractivity contribution in [1.82, 2.24) is 4.57 Å². The molecule has 10 aromatic rings. The minimum absolute atomic E-state index is 0.850. The average molecular weight is 753 g/mol. The molecular formula is C57H40N2. The van der Waals surface area contributed by atoms with Gasteiger partial charge in [-0.1, -0.05) is 152 Å². The van der Waals surface area contributed by atoms with Gasteiger partial charge in [-0.15, -0.1) is 0 Å². The van der Waals surface area contributed by atoms with Crippen molar-refractivity contribution < 1.29 is 0 Å². The Balaban J connectivity index is 1.11. The van der Waals surface area contributed by atoms with Crippen LogP contribution in [0.1, 0.15) is 29.5 Å². The Morgan fingerprint density at radius 1 is 0.407 bits per heavy atom. The van der Waals surface area contributed by atoms with E-state index in [9.17, 15) is 0 Å². The van der Waals surface area contributed by atoms with Crippen molar-refractivity contribution in [1.29, 1.82) is 0 Å². The molecule has 11 rings (SSSR count). The van der Waals surface area contributed by atoms with Crippen molar-refractivity contribution in [2.24, 2.45) is 4.99 Å². The molecule has 1 aromatic heterocycles. The molecule has 0 amide bonds. The molecule has 0 spiro atoms. The number of hydrogen-bond acceptors (Lipinski definition) is 1. The monoisotopic (exact) mass is 752 g/mol. The van der Waals surface area contributed by atoms with Crippen molar-refractivity contribution in [3.8, 4) is 27.9 Å². The van der Waals surface area contributed by atoms with Crippen LogP contribution in [0.25, 0.3) is 82.4 Å². The summed E-state index contributed by atoms with van der Waals surface area (Å²) in [5.74, 6) is 0. The van der Waals surface area contributed by atoms with Crippen LogP contribution in [0.15, 0.2) is 224 Å². The first-order valence-electron chi connectivity index (χ1n) is 20.5. The van der Waals surface area contributed by atoms with Gasteiger partial charge in [0.25, 0.3) is 0 Å². The van der Waals surface area contributed by atoms with Gasteiger partial charge in [0, 0.05) is 28.5 Å². The van der Waals surface area contributed by atoms with E-state index in [1.54, 1.807) is 0 Å². The van der Waals surface area contributed by atoms with Gasteiger partial charge in [-0.3, -0.25) is 4.99 Å². The summed E-state index contributed by atoms with van der Waals surface area (Å²) in [6.07, 6.45) is 8.64. The maximum Gasteiger partial charge on any atom is 0.0711 e. The number of hydrogen-bond donors (Lipinski definition) is 0. The number of nitrogens with zero attached hydrogens (tertiary/aromatic N) is 2. The molecule has 2 heteroatoms. The summed E-state index contributed by atoms with van der Waals surface area (Å²) >= 11 is 0. The van der Waals surface area contributed by atoms with E-state index in [2.05, 4.69) is 223 Å². The van der Waals surface area contributed by atoms with E-state index >= 15 is 0 Å². The van der Waals surface area contributed by atoms with Crippen molar-refractivity contribution in [3.63, 3.8) is 0 Å². The zero-order chi connectivity index (χ0) is 39.1. The van der Waals surface area contributed by atoms with E-state index in [1.165, 1.54) is 82.2 Å². The fourth-order valence-corrected chi connectivity index (χ4v) is 8.91. The van der Waals surface area contributed by atoms with E-state index < -0.39 is 0 Å². The molecule has 9 aromatic carbocycles. The minimum Gasteiger partial charge on any atom is -0.317 e. The zero-order valence-corrected chi connectivity index (χ0v) is 32.6. The maximum absolute atomic E-state index is 5.41. The molecule has 0 atom stereocenters.